The molecular weight excluding hydrogens is 336 g/mol. The molecule has 0 aliphatic carbocycles. The Labute approximate surface area is 143 Å². The van der Waals surface area contributed by atoms with E-state index in [2.05, 4.69) is 10.6 Å². The Morgan fingerprint density at radius 1 is 1.04 bits per heavy atom. The van der Waals surface area contributed by atoms with Crippen molar-refractivity contribution in [3.05, 3.63) is 29.3 Å². The van der Waals surface area contributed by atoms with Gasteiger partial charge >= 0.3 is 17.8 Å². The highest BCUT2D eigenvalue weighted by molar-refractivity contribution is 8.76. The molecule has 126 valence electrons. The maximum atomic E-state index is 11.9. The summed E-state index contributed by atoms with van der Waals surface area (Å²) in [6.07, 6.45) is 0.113. The van der Waals surface area contributed by atoms with Gasteiger partial charge in [-0.05, 0) is 25.0 Å². The first-order chi connectivity index (χ1) is 10.9. The maximum Gasteiger partial charge on any atom is 0.313 e. The van der Waals surface area contributed by atoms with E-state index in [1.165, 1.54) is 21.6 Å². The topological polar surface area (TPSA) is 95.5 Å². The van der Waals surface area contributed by atoms with E-state index in [-0.39, 0.29) is 6.42 Å². The summed E-state index contributed by atoms with van der Waals surface area (Å²) in [5.74, 6) is -1.07. The molecule has 8 heteroatoms. The number of aliphatic carboxylic acids is 1. The van der Waals surface area contributed by atoms with Gasteiger partial charge in [0, 0.05) is 23.7 Å². The minimum atomic E-state index is -0.824. The number of carboxylic acids is 1. The first-order valence-electron chi connectivity index (χ1n) is 7.03. The summed E-state index contributed by atoms with van der Waals surface area (Å²) in [4.78, 5) is 33.9. The van der Waals surface area contributed by atoms with Gasteiger partial charge in [-0.3, -0.25) is 14.4 Å². The van der Waals surface area contributed by atoms with Crippen molar-refractivity contribution in [3.63, 3.8) is 0 Å². The second-order valence-electron chi connectivity index (χ2n) is 4.76. The number of hydrogen-bond acceptors (Lipinski definition) is 5. The van der Waals surface area contributed by atoms with Crippen molar-refractivity contribution in [2.75, 3.05) is 23.4 Å². The van der Waals surface area contributed by atoms with E-state index in [0.29, 0.717) is 23.7 Å². The number of para-hydroxylation sites is 1. The lowest BCUT2D eigenvalue weighted by Gasteiger charge is -2.11. The zero-order valence-corrected chi connectivity index (χ0v) is 14.7. The molecule has 23 heavy (non-hydrogen) atoms. The van der Waals surface area contributed by atoms with Crippen molar-refractivity contribution < 1.29 is 19.5 Å². The van der Waals surface area contributed by atoms with Gasteiger partial charge in [0.2, 0.25) is 0 Å². The number of nitrogens with one attached hydrogen (secondary N) is 2. The summed E-state index contributed by atoms with van der Waals surface area (Å²) in [7, 11) is 2.90. The van der Waals surface area contributed by atoms with Gasteiger partial charge in [0.05, 0.1) is 6.42 Å². The van der Waals surface area contributed by atoms with Crippen LogP contribution < -0.4 is 10.6 Å². The quantitative estimate of drug-likeness (QED) is 0.375. The fourth-order valence-corrected chi connectivity index (χ4v) is 3.60. The Balaban J connectivity index is 2.27. The molecule has 1 aromatic rings. The second kappa shape index (κ2) is 10.2. The summed E-state index contributed by atoms with van der Waals surface area (Å²) in [5.41, 5.74) is 2.46. The van der Waals surface area contributed by atoms with Crippen molar-refractivity contribution in [2.45, 2.75) is 20.3 Å². The van der Waals surface area contributed by atoms with Crippen molar-refractivity contribution in [1.82, 2.24) is 5.32 Å². The van der Waals surface area contributed by atoms with Crippen LogP contribution in [-0.2, 0) is 14.4 Å². The molecule has 0 aliphatic rings. The first-order valence-corrected chi connectivity index (χ1v) is 9.52. The number of carbonyl (C=O) groups excluding carboxylic acids is 2. The van der Waals surface area contributed by atoms with Gasteiger partial charge in [0.25, 0.3) is 0 Å². The van der Waals surface area contributed by atoms with Gasteiger partial charge in [0.15, 0.2) is 0 Å². The Morgan fingerprint density at radius 3 is 2.26 bits per heavy atom. The zero-order valence-electron chi connectivity index (χ0n) is 13.0. The highest BCUT2D eigenvalue weighted by atomic mass is 33.1. The van der Waals surface area contributed by atoms with Crippen LogP contribution in [0.5, 0.6) is 0 Å². The van der Waals surface area contributed by atoms with E-state index in [1.54, 1.807) is 0 Å². The van der Waals surface area contributed by atoms with Gasteiger partial charge in [0.1, 0.15) is 0 Å². The third kappa shape index (κ3) is 7.43. The van der Waals surface area contributed by atoms with Gasteiger partial charge in [-0.2, -0.15) is 0 Å². The molecule has 2 amide bonds. The fourth-order valence-electron chi connectivity index (χ4n) is 1.72. The monoisotopic (exact) mass is 356 g/mol. The summed E-state index contributed by atoms with van der Waals surface area (Å²) in [6.45, 7) is 4.08. The SMILES string of the molecule is Cc1cccc(C)c1NC(=O)C(=O)NCCSSCCC(=O)O. The second-order valence-corrected chi connectivity index (χ2v) is 7.47. The highest BCUT2D eigenvalue weighted by Crippen LogP contribution is 2.21. The molecule has 0 aromatic heterocycles. The van der Waals surface area contributed by atoms with Crippen LogP contribution in [0.15, 0.2) is 18.2 Å². The van der Waals surface area contributed by atoms with Crippen LogP contribution in [0.3, 0.4) is 0 Å². The van der Waals surface area contributed by atoms with E-state index in [1.807, 2.05) is 32.0 Å². The Hall–Kier alpha value is -1.67. The van der Waals surface area contributed by atoms with Crippen molar-refractivity contribution in [3.8, 4) is 0 Å². The molecule has 6 nitrogen and oxygen atoms in total. The lowest BCUT2D eigenvalue weighted by Crippen LogP contribution is -2.36. The van der Waals surface area contributed by atoms with E-state index in [0.717, 1.165) is 11.1 Å². The largest absolute Gasteiger partial charge is 0.481 e. The number of anilines is 1. The van der Waals surface area contributed by atoms with Crippen LogP contribution in [0.25, 0.3) is 0 Å². The minimum Gasteiger partial charge on any atom is -0.481 e. The standard InChI is InChI=1S/C15H20N2O4S2/c1-10-4-3-5-11(2)13(10)17-15(21)14(20)16-7-9-23-22-8-6-12(18)19/h3-5H,6-9H2,1-2H3,(H,16,20)(H,17,21)(H,18,19). The van der Waals surface area contributed by atoms with Crippen molar-refractivity contribution >= 4 is 45.1 Å². The Bertz CT molecular complexity index is 558. The zero-order chi connectivity index (χ0) is 17.2. The summed E-state index contributed by atoms with van der Waals surface area (Å²) in [5, 5.41) is 13.6. The molecule has 0 radical (unpaired) electrons. The summed E-state index contributed by atoms with van der Waals surface area (Å²) < 4.78 is 0. The number of aryl methyl sites for hydroxylation is 2. The number of carbonyl (C=O) groups is 3. The van der Waals surface area contributed by atoms with Crippen molar-refractivity contribution in [2.24, 2.45) is 0 Å². The molecule has 0 saturated carbocycles. The normalized spacial score (nSPS) is 10.2. The average Bonchev–Trinajstić information content (AvgIpc) is 2.49. The van der Waals surface area contributed by atoms with E-state index in [9.17, 15) is 14.4 Å². The molecule has 1 aromatic carbocycles. The van der Waals surface area contributed by atoms with Crippen molar-refractivity contribution in [1.29, 1.82) is 0 Å². The van der Waals surface area contributed by atoms with Crippen LogP contribution >= 0.6 is 21.6 Å². The van der Waals surface area contributed by atoms with Gasteiger partial charge < -0.3 is 15.7 Å². The third-order valence-electron chi connectivity index (χ3n) is 2.88. The number of carboxylic acid groups (broad SMARTS) is 1. The molecule has 0 spiro atoms. The first kappa shape index (κ1) is 19.4. The maximum absolute atomic E-state index is 11.9. The van der Waals surface area contributed by atoms with Gasteiger partial charge in [-0.1, -0.05) is 39.8 Å². The minimum absolute atomic E-state index is 0.113. The van der Waals surface area contributed by atoms with Crippen LogP contribution in [-0.4, -0.2) is 40.9 Å². The molecule has 0 heterocycles. The van der Waals surface area contributed by atoms with Crippen LogP contribution in [0, 0.1) is 13.8 Å². The van der Waals surface area contributed by atoms with E-state index >= 15 is 0 Å². The predicted molar refractivity (Wildman–Crippen MR) is 94.7 cm³/mol. The summed E-state index contributed by atoms with van der Waals surface area (Å²) >= 11 is 0. The number of amides is 2. The smallest absolute Gasteiger partial charge is 0.313 e. The van der Waals surface area contributed by atoms with E-state index < -0.39 is 17.8 Å². The Morgan fingerprint density at radius 2 is 1.65 bits per heavy atom. The number of benzene rings is 1. The van der Waals surface area contributed by atoms with Crippen LogP contribution in [0.1, 0.15) is 17.5 Å². The number of rotatable bonds is 8. The molecule has 1 rings (SSSR count). The molecule has 0 saturated heterocycles. The molecule has 0 bridgehead atoms. The summed E-state index contributed by atoms with van der Waals surface area (Å²) in [6, 6.07) is 5.62. The Kier molecular flexibility index (Phi) is 8.57. The lowest BCUT2D eigenvalue weighted by molar-refractivity contribution is -0.136. The molecule has 0 atom stereocenters. The van der Waals surface area contributed by atoms with Crippen LogP contribution in [0.2, 0.25) is 0 Å². The molecular formula is C15H20N2O4S2. The average molecular weight is 356 g/mol. The van der Waals surface area contributed by atoms with Crippen LogP contribution in [0.4, 0.5) is 5.69 Å². The highest BCUT2D eigenvalue weighted by Gasteiger charge is 2.15. The number of hydrogen-bond donors (Lipinski definition) is 3. The molecule has 0 aliphatic heterocycles. The fraction of sp³-hybridized carbons (Fsp3) is 0.400. The molecule has 0 unspecified atom stereocenters. The van der Waals surface area contributed by atoms with Gasteiger partial charge in [-0.15, -0.1) is 0 Å². The lowest BCUT2D eigenvalue weighted by atomic mass is 10.1. The van der Waals surface area contributed by atoms with E-state index in [4.69, 9.17) is 5.11 Å². The van der Waals surface area contributed by atoms with Gasteiger partial charge in [-0.25, -0.2) is 0 Å². The third-order valence-corrected chi connectivity index (χ3v) is 5.29. The molecule has 3 N–H and O–H groups in total. The predicted octanol–water partition coefficient (Wildman–Crippen LogP) is 2.21. The molecule has 0 fully saturated rings.